The number of rotatable bonds is 5. The number of nitrogens with zero attached hydrogens (tertiary/aromatic N) is 4. The minimum Gasteiger partial charge on any atom is -0.342 e. The van der Waals surface area contributed by atoms with Gasteiger partial charge in [-0.25, -0.2) is 9.37 Å². The van der Waals surface area contributed by atoms with E-state index in [-0.39, 0.29) is 30.0 Å². The van der Waals surface area contributed by atoms with Gasteiger partial charge in [-0.3, -0.25) is 14.2 Å². The number of nitriles is 1. The summed E-state index contributed by atoms with van der Waals surface area (Å²) in [6.45, 7) is 1.85. The minimum absolute atomic E-state index is 0.0541. The van der Waals surface area contributed by atoms with Gasteiger partial charge in [0, 0.05) is 31.7 Å². The Morgan fingerprint density at radius 1 is 1.27 bits per heavy atom. The Hall–Kier alpha value is -3.25. The SMILES string of the molecule is N#Cc1cc(NC(=O)CCn2c(N3CCCCC3)nc3ccsc3c2=O)ccc1F. The molecule has 0 radical (unpaired) electrons. The summed E-state index contributed by atoms with van der Waals surface area (Å²) in [7, 11) is 0. The third-order valence-electron chi connectivity index (χ3n) is 5.12. The molecule has 1 N–H and O–H groups in total. The fourth-order valence-electron chi connectivity index (χ4n) is 3.59. The molecule has 2 aromatic heterocycles. The second kappa shape index (κ2) is 8.63. The van der Waals surface area contributed by atoms with E-state index in [1.807, 2.05) is 11.4 Å². The van der Waals surface area contributed by atoms with Crippen LogP contribution in [0.5, 0.6) is 0 Å². The lowest BCUT2D eigenvalue weighted by Crippen LogP contribution is -2.36. The second-order valence-corrected chi connectivity index (χ2v) is 8.07. The molecule has 1 aromatic carbocycles. The monoisotopic (exact) mass is 425 g/mol. The first-order valence-electron chi connectivity index (χ1n) is 9.79. The molecule has 154 valence electrons. The molecule has 4 rings (SSSR count). The van der Waals surface area contributed by atoms with Crippen LogP contribution in [0.1, 0.15) is 31.2 Å². The Labute approximate surface area is 176 Å². The molecule has 0 bridgehead atoms. The molecular formula is C21H20FN5O2S. The van der Waals surface area contributed by atoms with E-state index in [0.29, 0.717) is 21.9 Å². The summed E-state index contributed by atoms with van der Waals surface area (Å²) in [4.78, 5) is 32.3. The molecular weight excluding hydrogens is 405 g/mol. The highest BCUT2D eigenvalue weighted by Gasteiger charge is 2.20. The van der Waals surface area contributed by atoms with Gasteiger partial charge in [-0.05, 0) is 48.9 Å². The van der Waals surface area contributed by atoms with E-state index in [1.165, 1.54) is 23.5 Å². The predicted octanol–water partition coefficient (Wildman–Crippen LogP) is 3.49. The van der Waals surface area contributed by atoms with Crippen LogP contribution in [0.4, 0.5) is 16.0 Å². The van der Waals surface area contributed by atoms with Crippen LogP contribution >= 0.6 is 11.3 Å². The molecule has 0 atom stereocenters. The van der Waals surface area contributed by atoms with Gasteiger partial charge in [-0.2, -0.15) is 5.26 Å². The van der Waals surface area contributed by atoms with Crippen LogP contribution in [-0.2, 0) is 11.3 Å². The zero-order chi connectivity index (χ0) is 21.1. The zero-order valence-corrected chi connectivity index (χ0v) is 17.0. The molecule has 1 aliphatic rings. The molecule has 0 spiro atoms. The van der Waals surface area contributed by atoms with E-state index < -0.39 is 5.82 Å². The Morgan fingerprint density at radius 3 is 2.83 bits per heavy atom. The van der Waals surface area contributed by atoms with Crippen LogP contribution in [-0.4, -0.2) is 28.5 Å². The van der Waals surface area contributed by atoms with E-state index >= 15 is 0 Å². The Morgan fingerprint density at radius 2 is 2.07 bits per heavy atom. The maximum absolute atomic E-state index is 13.5. The molecule has 7 nitrogen and oxygen atoms in total. The van der Waals surface area contributed by atoms with Gasteiger partial charge < -0.3 is 10.2 Å². The van der Waals surface area contributed by atoms with E-state index in [0.717, 1.165) is 38.4 Å². The standard InChI is InChI=1S/C21H20FN5O2S/c22-16-5-4-15(12-14(16)13-23)24-18(28)6-10-27-20(29)19-17(7-11-30-19)25-21(27)26-8-2-1-3-9-26/h4-5,7,11-12H,1-3,6,8-10H2,(H,24,28). The summed E-state index contributed by atoms with van der Waals surface area (Å²) < 4.78 is 15.6. The van der Waals surface area contributed by atoms with Crippen molar-refractivity contribution in [3.8, 4) is 6.07 Å². The van der Waals surface area contributed by atoms with Gasteiger partial charge in [0.25, 0.3) is 5.56 Å². The van der Waals surface area contributed by atoms with Crippen molar-refractivity contribution in [2.75, 3.05) is 23.3 Å². The average Bonchev–Trinajstić information content (AvgIpc) is 3.24. The van der Waals surface area contributed by atoms with Crippen LogP contribution in [0.15, 0.2) is 34.4 Å². The maximum Gasteiger partial charge on any atom is 0.272 e. The summed E-state index contributed by atoms with van der Waals surface area (Å²) in [6, 6.07) is 7.42. The van der Waals surface area contributed by atoms with Crippen LogP contribution < -0.4 is 15.8 Å². The summed E-state index contributed by atoms with van der Waals surface area (Å²) >= 11 is 1.34. The van der Waals surface area contributed by atoms with Crippen molar-refractivity contribution in [1.29, 1.82) is 5.26 Å². The first kappa shape index (κ1) is 20.0. The van der Waals surface area contributed by atoms with Crippen molar-refractivity contribution in [2.24, 2.45) is 0 Å². The van der Waals surface area contributed by atoms with Crippen molar-refractivity contribution in [2.45, 2.75) is 32.2 Å². The first-order chi connectivity index (χ1) is 14.6. The van der Waals surface area contributed by atoms with E-state index in [9.17, 15) is 14.0 Å². The lowest BCUT2D eigenvalue weighted by Gasteiger charge is -2.29. The number of anilines is 2. The topological polar surface area (TPSA) is 91.0 Å². The molecule has 9 heteroatoms. The van der Waals surface area contributed by atoms with Crippen molar-refractivity contribution in [3.63, 3.8) is 0 Å². The average molecular weight is 425 g/mol. The second-order valence-electron chi connectivity index (χ2n) is 7.16. The molecule has 1 fully saturated rings. The molecule has 0 unspecified atom stereocenters. The summed E-state index contributed by atoms with van der Waals surface area (Å²) in [6.07, 6.45) is 3.30. The highest BCUT2D eigenvalue weighted by Crippen LogP contribution is 2.22. The van der Waals surface area contributed by atoms with Gasteiger partial charge in [0.05, 0.1) is 11.1 Å². The molecule has 30 heavy (non-hydrogen) atoms. The largest absolute Gasteiger partial charge is 0.342 e. The number of fused-ring (bicyclic) bond motifs is 1. The van der Waals surface area contributed by atoms with Gasteiger partial charge >= 0.3 is 0 Å². The van der Waals surface area contributed by atoms with E-state index in [4.69, 9.17) is 10.2 Å². The molecule has 0 saturated carbocycles. The fraction of sp³-hybridized carbons (Fsp3) is 0.333. The third-order valence-corrected chi connectivity index (χ3v) is 6.01. The van der Waals surface area contributed by atoms with Crippen molar-refractivity contribution in [3.05, 3.63) is 51.4 Å². The summed E-state index contributed by atoms with van der Waals surface area (Å²) in [5.74, 6) is -0.358. The van der Waals surface area contributed by atoms with Crippen molar-refractivity contribution < 1.29 is 9.18 Å². The number of thiophene rings is 1. The number of carbonyl (C=O) groups excluding carboxylic acids is 1. The molecule has 1 saturated heterocycles. The Kier molecular flexibility index (Phi) is 5.77. The lowest BCUT2D eigenvalue weighted by atomic mass is 10.1. The number of aromatic nitrogens is 2. The number of hydrogen-bond donors (Lipinski definition) is 1. The van der Waals surface area contributed by atoms with Gasteiger partial charge in [0.1, 0.15) is 16.6 Å². The third kappa shape index (κ3) is 4.04. The molecule has 1 aliphatic heterocycles. The molecule has 1 amide bonds. The minimum atomic E-state index is -0.636. The summed E-state index contributed by atoms with van der Waals surface area (Å²) in [5.41, 5.74) is 0.746. The van der Waals surface area contributed by atoms with Gasteiger partial charge in [-0.15, -0.1) is 11.3 Å². The van der Waals surface area contributed by atoms with E-state index in [1.54, 1.807) is 10.6 Å². The number of hydrogen-bond acceptors (Lipinski definition) is 6. The zero-order valence-electron chi connectivity index (χ0n) is 16.2. The molecule has 3 aromatic rings. The molecule has 0 aliphatic carbocycles. The number of nitrogens with one attached hydrogen (secondary N) is 1. The normalized spacial score (nSPS) is 13.9. The van der Waals surface area contributed by atoms with Gasteiger partial charge in [0.2, 0.25) is 11.9 Å². The lowest BCUT2D eigenvalue weighted by molar-refractivity contribution is -0.116. The van der Waals surface area contributed by atoms with Crippen LogP contribution in [0.2, 0.25) is 0 Å². The van der Waals surface area contributed by atoms with Gasteiger partial charge in [0.15, 0.2) is 0 Å². The summed E-state index contributed by atoms with van der Waals surface area (Å²) in [5, 5.41) is 13.4. The predicted molar refractivity (Wildman–Crippen MR) is 114 cm³/mol. The number of piperidine rings is 1. The number of carbonyl (C=O) groups is 1. The van der Waals surface area contributed by atoms with Gasteiger partial charge in [-0.1, -0.05) is 0 Å². The molecule has 3 heterocycles. The highest BCUT2D eigenvalue weighted by atomic mass is 32.1. The number of amides is 1. The Bertz CT molecular complexity index is 1190. The first-order valence-corrected chi connectivity index (χ1v) is 10.7. The number of benzene rings is 1. The van der Waals surface area contributed by atoms with Crippen LogP contribution in [0.3, 0.4) is 0 Å². The van der Waals surface area contributed by atoms with Crippen LogP contribution in [0.25, 0.3) is 10.2 Å². The maximum atomic E-state index is 13.5. The van der Waals surface area contributed by atoms with Crippen molar-refractivity contribution in [1.82, 2.24) is 9.55 Å². The van der Waals surface area contributed by atoms with E-state index in [2.05, 4.69) is 10.2 Å². The van der Waals surface area contributed by atoms with Crippen LogP contribution in [0, 0.1) is 17.1 Å². The van der Waals surface area contributed by atoms with Crippen molar-refractivity contribution >= 4 is 39.1 Å². The Balaban J connectivity index is 1.55. The number of halogens is 1. The highest BCUT2D eigenvalue weighted by molar-refractivity contribution is 7.17. The smallest absolute Gasteiger partial charge is 0.272 e. The fourth-order valence-corrected chi connectivity index (χ4v) is 4.37. The quantitative estimate of drug-likeness (QED) is 0.676.